The molecule has 0 amide bonds. The Labute approximate surface area is 148 Å². The van der Waals surface area contributed by atoms with Crippen LogP contribution in [0.5, 0.6) is 0 Å². The molecule has 0 aliphatic heterocycles. The average molecular weight is 415 g/mol. The Kier molecular flexibility index (Phi) is 7.86. The maximum Gasteiger partial charge on any atom is 0.228 e. The number of nitrogens with one attached hydrogen (secondary N) is 1. The predicted octanol–water partition coefficient (Wildman–Crippen LogP) is 2.25. The second kappa shape index (κ2) is 9.39. The molecule has 2 rings (SSSR count). The van der Waals surface area contributed by atoms with E-state index < -0.39 is 0 Å². The minimum atomic E-state index is 0. The smallest absolute Gasteiger partial charge is 0.228 e. The van der Waals surface area contributed by atoms with Crippen LogP contribution >= 0.6 is 24.0 Å². The van der Waals surface area contributed by atoms with Gasteiger partial charge in [-0.05, 0) is 12.5 Å². The Morgan fingerprint density at radius 2 is 2.05 bits per heavy atom. The number of aryl methyl sites for hydroxylation is 1. The number of nitrogens with zero attached hydrogens (tertiary/aromatic N) is 4. The summed E-state index contributed by atoms with van der Waals surface area (Å²) in [5.74, 6) is 2.15. The molecule has 1 heterocycles. The lowest BCUT2D eigenvalue weighted by Gasteiger charge is -2.21. The molecule has 1 aromatic heterocycles. The lowest BCUT2D eigenvalue weighted by Crippen LogP contribution is -2.39. The van der Waals surface area contributed by atoms with Crippen molar-refractivity contribution in [2.24, 2.45) is 4.99 Å². The van der Waals surface area contributed by atoms with E-state index in [4.69, 9.17) is 4.52 Å². The largest absolute Gasteiger partial charge is 0.356 e. The first kappa shape index (κ1) is 18.4. The molecule has 0 spiro atoms. The monoisotopic (exact) mass is 415 g/mol. The van der Waals surface area contributed by atoms with Crippen LogP contribution in [0.1, 0.15) is 17.3 Å². The highest BCUT2D eigenvalue weighted by molar-refractivity contribution is 14.0. The summed E-state index contributed by atoms with van der Waals surface area (Å²) in [4.78, 5) is 10.5. The molecule has 0 saturated carbocycles. The molecule has 7 heteroatoms. The number of benzene rings is 1. The van der Waals surface area contributed by atoms with Gasteiger partial charge in [0.15, 0.2) is 11.8 Å². The van der Waals surface area contributed by atoms with Gasteiger partial charge in [0, 0.05) is 33.6 Å². The Morgan fingerprint density at radius 3 is 2.64 bits per heavy atom. The van der Waals surface area contributed by atoms with Crippen LogP contribution in [0.4, 0.5) is 0 Å². The van der Waals surface area contributed by atoms with Gasteiger partial charge in [0.1, 0.15) is 0 Å². The second-order valence-electron chi connectivity index (χ2n) is 4.80. The third kappa shape index (κ3) is 5.63. The van der Waals surface area contributed by atoms with Gasteiger partial charge in [-0.25, -0.2) is 0 Å². The Balaban J connectivity index is 0.00000242. The Hall–Kier alpha value is -1.64. The molecule has 0 saturated heterocycles. The van der Waals surface area contributed by atoms with Gasteiger partial charge in [-0.2, -0.15) is 4.98 Å². The summed E-state index contributed by atoms with van der Waals surface area (Å²) in [6, 6.07) is 10.3. The van der Waals surface area contributed by atoms with E-state index in [1.807, 2.05) is 32.2 Å². The predicted molar refractivity (Wildman–Crippen MR) is 97.4 cm³/mol. The SMILES string of the molecule is CN=C(NCCc1nc(C)no1)N(C)Cc1ccccc1.I. The van der Waals surface area contributed by atoms with E-state index in [1.165, 1.54) is 5.56 Å². The van der Waals surface area contributed by atoms with Gasteiger partial charge in [-0.1, -0.05) is 35.5 Å². The normalized spacial score (nSPS) is 11.0. The standard InChI is InChI=1S/C15H21N5O.HI/c1-12-18-14(21-19-12)9-10-17-15(16-2)20(3)11-13-7-5-4-6-8-13;/h4-8H,9-11H2,1-3H3,(H,16,17);1H. The minimum Gasteiger partial charge on any atom is -0.356 e. The minimum absolute atomic E-state index is 0. The highest BCUT2D eigenvalue weighted by Crippen LogP contribution is 2.03. The van der Waals surface area contributed by atoms with Crippen molar-refractivity contribution in [1.29, 1.82) is 0 Å². The summed E-state index contributed by atoms with van der Waals surface area (Å²) in [6.45, 7) is 3.32. The summed E-state index contributed by atoms with van der Waals surface area (Å²) < 4.78 is 5.08. The van der Waals surface area contributed by atoms with Gasteiger partial charge in [-0.3, -0.25) is 4.99 Å². The third-order valence-corrected chi connectivity index (χ3v) is 3.03. The summed E-state index contributed by atoms with van der Waals surface area (Å²) in [7, 11) is 3.79. The first-order valence-electron chi connectivity index (χ1n) is 6.94. The van der Waals surface area contributed by atoms with E-state index >= 15 is 0 Å². The van der Waals surface area contributed by atoms with E-state index in [9.17, 15) is 0 Å². The fraction of sp³-hybridized carbons (Fsp3) is 0.400. The van der Waals surface area contributed by atoms with Crippen LogP contribution in [0, 0.1) is 6.92 Å². The van der Waals surface area contributed by atoms with Crippen LogP contribution in [0.3, 0.4) is 0 Å². The molecular weight excluding hydrogens is 393 g/mol. The van der Waals surface area contributed by atoms with E-state index in [0.29, 0.717) is 24.7 Å². The maximum absolute atomic E-state index is 5.08. The zero-order valence-electron chi connectivity index (χ0n) is 13.1. The summed E-state index contributed by atoms with van der Waals surface area (Å²) in [6.07, 6.45) is 0.680. The molecular formula is C15H22IN5O. The molecule has 0 atom stereocenters. The van der Waals surface area contributed by atoms with Crippen LogP contribution in [0.2, 0.25) is 0 Å². The molecule has 1 aromatic carbocycles. The molecule has 120 valence electrons. The molecule has 1 N–H and O–H groups in total. The number of hydrogen-bond acceptors (Lipinski definition) is 4. The first-order valence-corrected chi connectivity index (χ1v) is 6.94. The van der Waals surface area contributed by atoms with Crippen molar-refractivity contribution < 1.29 is 4.52 Å². The fourth-order valence-corrected chi connectivity index (χ4v) is 2.04. The first-order chi connectivity index (χ1) is 10.2. The van der Waals surface area contributed by atoms with E-state index in [0.717, 1.165) is 12.5 Å². The lowest BCUT2D eigenvalue weighted by molar-refractivity contribution is 0.373. The zero-order valence-corrected chi connectivity index (χ0v) is 15.4. The van der Waals surface area contributed by atoms with Crippen LogP contribution in [0.25, 0.3) is 0 Å². The number of rotatable bonds is 5. The summed E-state index contributed by atoms with van der Waals surface area (Å²) in [5.41, 5.74) is 1.25. The molecule has 0 aliphatic rings. The highest BCUT2D eigenvalue weighted by Gasteiger charge is 2.07. The molecule has 0 radical (unpaired) electrons. The summed E-state index contributed by atoms with van der Waals surface area (Å²) >= 11 is 0. The number of aromatic nitrogens is 2. The van der Waals surface area contributed by atoms with Gasteiger partial charge in [0.25, 0.3) is 0 Å². The van der Waals surface area contributed by atoms with Crippen molar-refractivity contribution in [3.8, 4) is 0 Å². The van der Waals surface area contributed by atoms with Gasteiger partial charge in [0.05, 0.1) is 0 Å². The van der Waals surface area contributed by atoms with Crippen LogP contribution < -0.4 is 5.32 Å². The number of guanidine groups is 1. The quantitative estimate of drug-likeness (QED) is 0.461. The van der Waals surface area contributed by atoms with Crippen molar-refractivity contribution >= 4 is 29.9 Å². The van der Waals surface area contributed by atoms with Gasteiger partial charge in [0.2, 0.25) is 5.89 Å². The van der Waals surface area contributed by atoms with E-state index in [1.54, 1.807) is 7.05 Å². The van der Waals surface area contributed by atoms with Crippen LogP contribution in [-0.2, 0) is 13.0 Å². The topological polar surface area (TPSA) is 66.5 Å². The molecule has 0 unspecified atom stereocenters. The molecule has 0 fully saturated rings. The number of hydrogen-bond donors (Lipinski definition) is 1. The Morgan fingerprint density at radius 1 is 1.32 bits per heavy atom. The van der Waals surface area contributed by atoms with Crippen molar-refractivity contribution in [2.75, 3.05) is 20.6 Å². The molecule has 6 nitrogen and oxygen atoms in total. The Bertz CT molecular complexity index is 585. The molecule has 0 bridgehead atoms. The van der Waals surface area contributed by atoms with Crippen molar-refractivity contribution in [3.63, 3.8) is 0 Å². The van der Waals surface area contributed by atoms with Gasteiger partial charge >= 0.3 is 0 Å². The fourth-order valence-electron chi connectivity index (χ4n) is 2.04. The third-order valence-electron chi connectivity index (χ3n) is 3.03. The number of halogens is 1. The average Bonchev–Trinajstić information content (AvgIpc) is 2.90. The van der Waals surface area contributed by atoms with Crippen molar-refractivity contribution in [1.82, 2.24) is 20.4 Å². The summed E-state index contributed by atoms with van der Waals surface area (Å²) in [5, 5.41) is 7.07. The number of aliphatic imine (C=N–C) groups is 1. The molecule has 2 aromatic rings. The highest BCUT2D eigenvalue weighted by atomic mass is 127. The van der Waals surface area contributed by atoms with E-state index in [2.05, 4.69) is 37.5 Å². The maximum atomic E-state index is 5.08. The van der Waals surface area contributed by atoms with Gasteiger partial charge < -0.3 is 14.7 Å². The molecule has 22 heavy (non-hydrogen) atoms. The molecule has 0 aliphatic carbocycles. The van der Waals surface area contributed by atoms with Gasteiger partial charge in [-0.15, -0.1) is 24.0 Å². The second-order valence-corrected chi connectivity index (χ2v) is 4.80. The van der Waals surface area contributed by atoms with Crippen molar-refractivity contribution in [3.05, 3.63) is 47.6 Å². The van der Waals surface area contributed by atoms with E-state index in [-0.39, 0.29) is 24.0 Å². The lowest BCUT2D eigenvalue weighted by atomic mass is 10.2. The van der Waals surface area contributed by atoms with Crippen molar-refractivity contribution in [2.45, 2.75) is 19.9 Å². The van der Waals surface area contributed by atoms with Crippen LogP contribution in [0.15, 0.2) is 39.8 Å². The van der Waals surface area contributed by atoms with Crippen LogP contribution in [-0.4, -0.2) is 41.6 Å². The zero-order chi connectivity index (χ0) is 15.1.